The number of hydrogen-bond acceptors (Lipinski definition) is 10. The van der Waals surface area contributed by atoms with Crippen LogP contribution >= 0.6 is 22.6 Å². The summed E-state index contributed by atoms with van der Waals surface area (Å²) in [5.41, 5.74) is 12.3. The minimum Gasteiger partial charge on any atom is -0.469 e. The standard InChI is InChI=1S/C24H41FIN7O3/c1-17(2)21-19(35-16-36-21)14-18(15-26)4-7-33(23-20(27)22(28)29-24(25)30-23)6-3-5-31-8-10-32(11-9-31)12-13-34/h14,17-18,21,34H,3-13,15-16,27H2,1-2H3,(H2,28,29,30)/b19-14+. The van der Waals surface area contributed by atoms with Gasteiger partial charge in [-0.3, -0.25) is 4.90 Å². The molecule has 0 aromatic carbocycles. The summed E-state index contributed by atoms with van der Waals surface area (Å²) < 4.78 is 26.5. The Labute approximate surface area is 227 Å². The smallest absolute Gasteiger partial charge is 0.312 e. The number of ether oxygens (including phenoxy) is 2. The van der Waals surface area contributed by atoms with E-state index in [4.69, 9.17) is 26.0 Å². The third-order valence-electron chi connectivity index (χ3n) is 6.74. The number of allylic oxidation sites excluding steroid dienone is 1. The number of piperazine rings is 1. The van der Waals surface area contributed by atoms with Crippen molar-refractivity contribution in [2.75, 3.05) is 86.6 Å². The molecule has 2 atom stereocenters. The Morgan fingerprint density at radius 1 is 1.17 bits per heavy atom. The van der Waals surface area contributed by atoms with E-state index in [9.17, 15) is 4.39 Å². The lowest BCUT2D eigenvalue weighted by Crippen LogP contribution is -2.47. The summed E-state index contributed by atoms with van der Waals surface area (Å²) in [4.78, 5) is 14.3. The lowest BCUT2D eigenvalue weighted by atomic mass is 10.0. The van der Waals surface area contributed by atoms with Crippen LogP contribution < -0.4 is 16.4 Å². The zero-order valence-corrected chi connectivity index (χ0v) is 23.6. The van der Waals surface area contributed by atoms with E-state index in [0.29, 0.717) is 31.6 Å². The maximum absolute atomic E-state index is 14.1. The van der Waals surface area contributed by atoms with Crippen LogP contribution in [0.3, 0.4) is 0 Å². The van der Waals surface area contributed by atoms with Crippen molar-refractivity contribution in [2.45, 2.75) is 32.8 Å². The molecule has 1 aromatic heterocycles. The normalized spacial score (nSPS) is 21.3. The number of halogens is 2. The summed E-state index contributed by atoms with van der Waals surface area (Å²) in [7, 11) is 0. The van der Waals surface area contributed by atoms with Gasteiger partial charge in [-0.25, -0.2) is 0 Å². The monoisotopic (exact) mass is 621 g/mol. The molecule has 2 saturated heterocycles. The lowest BCUT2D eigenvalue weighted by molar-refractivity contribution is 0.0344. The fourth-order valence-electron chi connectivity index (χ4n) is 4.64. The molecule has 0 amide bonds. The third kappa shape index (κ3) is 8.27. The highest BCUT2D eigenvalue weighted by Gasteiger charge is 2.28. The number of alkyl halides is 1. The van der Waals surface area contributed by atoms with Gasteiger partial charge in [0.15, 0.2) is 18.4 Å². The Bertz CT molecular complexity index is 855. The van der Waals surface area contributed by atoms with E-state index in [1.54, 1.807) is 0 Å². The van der Waals surface area contributed by atoms with E-state index in [1.807, 2.05) is 4.90 Å². The third-order valence-corrected chi connectivity index (χ3v) is 7.87. The summed E-state index contributed by atoms with van der Waals surface area (Å²) >= 11 is 2.39. The van der Waals surface area contributed by atoms with Gasteiger partial charge in [-0.15, -0.1) is 0 Å². The highest BCUT2D eigenvalue weighted by Crippen LogP contribution is 2.29. The molecule has 2 unspecified atom stereocenters. The van der Waals surface area contributed by atoms with E-state index in [-0.39, 0.29) is 30.1 Å². The molecular formula is C24H41FIN7O3. The van der Waals surface area contributed by atoms with Gasteiger partial charge < -0.3 is 35.8 Å². The van der Waals surface area contributed by atoms with Crippen molar-refractivity contribution in [3.05, 3.63) is 17.9 Å². The quantitative estimate of drug-likeness (QED) is 0.171. The number of nitrogens with two attached hydrogens (primary N) is 2. The van der Waals surface area contributed by atoms with Crippen LogP contribution in [0.15, 0.2) is 11.8 Å². The average Bonchev–Trinajstić information content (AvgIpc) is 3.32. The number of hydrogen-bond donors (Lipinski definition) is 3. The van der Waals surface area contributed by atoms with Crippen LogP contribution in [0.2, 0.25) is 0 Å². The topological polar surface area (TPSA) is 126 Å². The van der Waals surface area contributed by atoms with Crippen LogP contribution in [0.25, 0.3) is 0 Å². The first kappa shape index (κ1) is 29.1. The predicted octanol–water partition coefficient (Wildman–Crippen LogP) is 1.94. The summed E-state index contributed by atoms with van der Waals surface area (Å²) in [6, 6.07) is 0. The average molecular weight is 622 g/mol. The molecule has 204 valence electrons. The van der Waals surface area contributed by atoms with Gasteiger partial charge in [0.1, 0.15) is 17.6 Å². The Morgan fingerprint density at radius 3 is 2.50 bits per heavy atom. The van der Waals surface area contributed by atoms with Gasteiger partial charge in [0.25, 0.3) is 0 Å². The second kappa shape index (κ2) is 14.5. The first-order chi connectivity index (χ1) is 17.3. The number of aromatic nitrogens is 2. The summed E-state index contributed by atoms with van der Waals surface area (Å²) in [5, 5.41) is 9.15. The van der Waals surface area contributed by atoms with Crippen LogP contribution in [0.5, 0.6) is 0 Å². The Kier molecular flexibility index (Phi) is 11.7. The SMILES string of the molecule is CC(C)C1OCO/C1=C/C(CI)CCN(CCCN1CCN(CCO)CC1)c1nc(F)nc(N)c1N. The Balaban J connectivity index is 1.64. The molecule has 12 heteroatoms. The lowest BCUT2D eigenvalue weighted by Gasteiger charge is -2.35. The largest absolute Gasteiger partial charge is 0.469 e. The molecule has 10 nitrogen and oxygen atoms in total. The van der Waals surface area contributed by atoms with Crippen LogP contribution in [0.4, 0.5) is 21.7 Å². The van der Waals surface area contributed by atoms with Crippen molar-refractivity contribution in [2.24, 2.45) is 11.8 Å². The van der Waals surface area contributed by atoms with Crippen molar-refractivity contribution >= 4 is 39.9 Å². The van der Waals surface area contributed by atoms with Crippen molar-refractivity contribution < 1.29 is 19.0 Å². The minimum absolute atomic E-state index is 0.0178. The first-order valence-corrected chi connectivity index (χ1v) is 14.3. The molecule has 0 spiro atoms. The number of aliphatic hydroxyl groups is 1. The molecule has 5 N–H and O–H groups in total. The van der Waals surface area contributed by atoms with E-state index in [2.05, 4.69) is 62.3 Å². The maximum atomic E-state index is 14.1. The number of rotatable bonds is 13. The van der Waals surface area contributed by atoms with Crippen molar-refractivity contribution in [3.63, 3.8) is 0 Å². The summed E-state index contributed by atoms with van der Waals surface area (Å²) in [5.74, 6) is 1.81. The predicted molar refractivity (Wildman–Crippen MR) is 148 cm³/mol. The molecule has 36 heavy (non-hydrogen) atoms. The molecule has 0 bridgehead atoms. The molecule has 2 fully saturated rings. The van der Waals surface area contributed by atoms with Crippen LogP contribution in [0, 0.1) is 17.9 Å². The zero-order valence-electron chi connectivity index (χ0n) is 21.4. The Morgan fingerprint density at radius 2 is 1.86 bits per heavy atom. The van der Waals surface area contributed by atoms with Crippen LogP contribution in [-0.2, 0) is 9.47 Å². The molecule has 0 aliphatic carbocycles. The van der Waals surface area contributed by atoms with Crippen LogP contribution in [0.1, 0.15) is 26.7 Å². The number of anilines is 3. The zero-order chi connectivity index (χ0) is 26.1. The van der Waals surface area contributed by atoms with E-state index in [1.165, 1.54) is 0 Å². The fraction of sp³-hybridized carbons (Fsp3) is 0.750. The highest BCUT2D eigenvalue weighted by molar-refractivity contribution is 14.1. The fourth-order valence-corrected chi connectivity index (χ4v) is 5.33. The maximum Gasteiger partial charge on any atom is 0.312 e. The van der Waals surface area contributed by atoms with Gasteiger partial charge in [-0.05, 0) is 37.3 Å². The Hall–Kier alpha value is -1.48. The van der Waals surface area contributed by atoms with Crippen LogP contribution in [-0.4, -0.2) is 101 Å². The highest BCUT2D eigenvalue weighted by atomic mass is 127. The van der Waals surface area contributed by atoms with Crippen molar-refractivity contribution in [3.8, 4) is 0 Å². The van der Waals surface area contributed by atoms with E-state index < -0.39 is 6.08 Å². The summed E-state index contributed by atoms with van der Waals surface area (Å²) in [6.07, 6.45) is 2.99. The van der Waals surface area contributed by atoms with Gasteiger partial charge in [0, 0.05) is 50.2 Å². The van der Waals surface area contributed by atoms with Crippen molar-refractivity contribution in [1.82, 2.24) is 19.8 Å². The molecule has 0 radical (unpaired) electrons. The molecular weight excluding hydrogens is 580 g/mol. The second-order valence-corrected chi connectivity index (χ2v) is 10.6. The molecule has 3 heterocycles. The van der Waals surface area contributed by atoms with E-state index >= 15 is 0 Å². The summed E-state index contributed by atoms with van der Waals surface area (Å²) in [6.45, 7) is 11.6. The first-order valence-electron chi connectivity index (χ1n) is 12.7. The molecule has 2 aliphatic rings. The molecule has 3 rings (SSSR count). The van der Waals surface area contributed by atoms with Gasteiger partial charge >= 0.3 is 6.08 Å². The number of nitrogens with zero attached hydrogens (tertiary/aromatic N) is 5. The number of aliphatic hydroxyl groups excluding tert-OH is 1. The van der Waals surface area contributed by atoms with Gasteiger partial charge in [0.05, 0.1) is 6.61 Å². The van der Waals surface area contributed by atoms with Gasteiger partial charge in [0.2, 0.25) is 0 Å². The number of nitrogen functional groups attached to an aromatic ring is 2. The minimum atomic E-state index is -0.870. The number of β-amino-alcohol motifs (C(OH)–C–C–N with tert-alkyl or cyclic N) is 1. The molecule has 1 aromatic rings. The molecule has 2 aliphatic heterocycles. The van der Waals surface area contributed by atoms with Gasteiger partial charge in [-0.1, -0.05) is 36.4 Å². The van der Waals surface area contributed by atoms with Gasteiger partial charge in [-0.2, -0.15) is 14.4 Å². The van der Waals surface area contributed by atoms with E-state index in [0.717, 1.165) is 62.3 Å². The second-order valence-electron chi connectivity index (χ2n) is 9.73. The van der Waals surface area contributed by atoms with Crippen molar-refractivity contribution in [1.29, 1.82) is 0 Å². The molecule has 0 saturated carbocycles.